The number of benzene rings is 1. The van der Waals surface area contributed by atoms with E-state index in [4.69, 9.17) is 10.5 Å². The summed E-state index contributed by atoms with van der Waals surface area (Å²) in [4.78, 5) is 10.7. The molecule has 0 saturated carbocycles. The third-order valence-corrected chi connectivity index (χ3v) is 2.43. The number of carbonyl (C=O) groups excluding carboxylic acids is 1. The summed E-state index contributed by atoms with van der Waals surface area (Å²) in [6.45, 7) is 6.76. The number of urea groups is 1. The molecule has 1 atom stereocenters. The lowest BCUT2D eigenvalue weighted by atomic mass is 10.1. The van der Waals surface area contributed by atoms with Crippen molar-refractivity contribution in [1.29, 1.82) is 0 Å². The first-order valence-electron chi connectivity index (χ1n) is 6.49. The van der Waals surface area contributed by atoms with Crippen molar-refractivity contribution in [3.05, 3.63) is 24.3 Å². The Balaban J connectivity index is 0.00000400. The van der Waals surface area contributed by atoms with Crippen molar-refractivity contribution in [3.63, 3.8) is 0 Å². The van der Waals surface area contributed by atoms with Crippen molar-refractivity contribution in [1.82, 2.24) is 5.32 Å². The maximum Gasteiger partial charge on any atom is 0.316 e. The van der Waals surface area contributed by atoms with Gasteiger partial charge >= 0.3 is 6.03 Å². The van der Waals surface area contributed by atoms with Crippen molar-refractivity contribution >= 4 is 24.1 Å². The van der Waals surface area contributed by atoms with Crippen LogP contribution in [0.15, 0.2) is 24.3 Å². The van der Waals surface area contributed by atoms with E-state index in [2.05, 4.69) is 10.6 Å². The number of anilines is 1. The number of rotatable bonds is 6. The van der Waals surface area contributed by atoms with Crippen molar-refractivity contribution in [2.24, 2.45) is 5.73 Å². The standard InChI is InChI=1S/C14H23N3O3.ClH/c1-14(2,3)16-8-11(18)9-20-12-6-4-10(5-7-12)17-13(15)19;/h4-7,11,16,18H,8-9H2,1-3H3,(H3,15,17,19);1H. The van der Waals surface area contributed by atoms with Gasteiger partial charge < -0.3 is 26.2 Å². The molecule has 0 aliphatic heterocycles. The minimum atomic E-state index is -0.609. The van der Waals surface area contributed by atoms with Crippen molar-refractivity contribution in [2.45, 2.75) is 32.4 Å². The smallest absolute Gasteiger partial charge is 0.316 e. The highest BCUT2D eigenvalue weighted by Gasteiger charge is 2.12. The highest BCUT2D eigenvalue weighted by atomic mass is 35.5. The van der Waals surface area contributed by atoms with Crippen LogP contribution in [0.1, 0.15) is 20.8 Å². The second kappa shape index (κ2) is 8.71. The molecule has 120 valence electrons. The fourth-order valence-corrected chi connectivity index (χ4v) is 1.45. The van der Waals surface area contributed by atoms with Crippen LogP contribution < -0.4 is 21.1 Å². The largest absolute Gasteiger partial charge is 0.491 e. The molecule has 6 nitrogen and oxygen atoms in total. The molecule has 1 rings (SSSR count). The number of primary amides is 1. The van der Waals surface area contributed by atoms with E-state index < -0.39 is 12.1 Å². The van der Waals surface area contributed by atoms with E-state index in [1.54, 1.807) is 24.3 Å². The van der Waals surface area contributed by atoms with E-state index >= 15 is 0 Å². The van der Waals surface area contributed by atoms with Gasteiger partial charge in [0.05, 0.1) is 0 Å². The molecule has 0 radical (unpaired) electrons. The summed E-state index contributed by atoms with van der Waals surface area (Å²) in [6.07, 6.45) is -0.586. The quantitative estimate of drug-likeness (QED) is 0.642. The number of halogens is 1. The predicted molar refractivity (Wildman–Crippen MR) is 86.2 cm³/mol. The van der Waals surface area contributed by atoms with Gasteiger partial charge in [0.25, 0.3) is 0 Å². The maximum absolute atomic E-state index is 10.7. The van der Waals surface area contributed by atoms with Crippen LogP contribution >= 0.6 is 12.4 Å². The molecule has 21 heavy (non-hydrogen) atoms. The van der Waals surface area contributed by atoms with Gasteiger partial charge in [0, 0.05) is 17.8 Å². The Kier molecular flexibility index (Phi) is 8.09. The normalized spacial score (nSPS) is 12.2. The molecule has 0 saturated heterocycles. The first kappa shape index (κ1) is 19.5. The third-order valence-electron chi connectivity index (χ3n) is 2.43. The van der Waals surface area contributed by atoms with Crippen molar-refractivity contribution in [3.8, 4) is 5.75 Å². The summed E-state index contributed by atoms with van der Waals surface area (Å²) in [5, 5.41) is 15.4. The van der Waals surface area contributed by atoms with Gasteiger partial charge in [-0.3, -0.25) is 0 Å². The zero-order chi connectivity index (χ0) is 15.2. The topological polar surface area (TPSA) is 96.6 Å². The number of aliphatic hydroxyl groups is 1. The first-order valence-corrected chi connectivity index (χ1v) is 6.49. The number of nitrogens with two attached hydrogens (primary N) is 1. The Morgan fingerprint density at radius 1 is 1.33 bits per heavy atom. The summed E-state index contributed by atoms with van der Waals surface area (Å²) >= 11 is 0. The lowest BCUT2D eigenvalue weighted by molar-refractivity contribution is 0.100. The second-order valence-corrected chi connectivity index (χ2v) is 5.61. The van der Waals surface area contributed by atoms with Gasteiger partial charge in [-0.25, -0.2) is 4.79 Å². The van der Waals surface area contributed by atoms with Gasteiger partial charge in [0.15, 0.2) is 0 Å². The van der Waals surface area contributed by atoms with Gasteiger partial charge in [0.2, 0.25) is 0 Å². The van der Waals surface area contributed by atoms with E-state index in [0.717, 1.165) is 0 Å². The molecule has 0 fully saturated rings. The third kappa shape index (κ3) is 9.12. The van der Waals surface area contributed by atoms with Crippen LogP contribution in [0.5, 0.6) is 5.75 Å². The van der Waals surface area contributed by atoms with Crippen LogP contribution in [0.4, 0.5) is 10.5 Å². The van der Waals surface area contributed by atoms with E-state index in [1.165, 1.54) is 0 Å². The fourth-order valence-electron chi connectivity index (χ4n) is 1.45. The molecular formula is C14H24ClN3O3. The summed E-state index contributed by atoms with van der Waals surface area (Å²) in [7, 11) is 0. The van der Waals surface area contributed by atoms with Crippen molar-refractivity contribution in [2.75, 3.05) is 18.5 Å². The summed E-state index contributed by atoms with van der Waals surface area (Å²) in [6, 6.07) is 6.16. The van der Waals surface area contributed by atoms with E-state index in [9.17, 15) is 9.90 Å². The second-order valence-electron chi connectivity index (χ2n) is 5.61. The Labute approximate surface area is 131 Å². The van der Waals surface area contributed by atoms with Crippen LogP contribution in [0.2, 0.25) is 0 Å². The Bertz CT molecular complexity index is 432. The first-order chi connectivity index (χ1) is 9.26. The number of ether oxygens (including phenoxy) is 1. The minimum Gasteiger partial charge on any atom is -0.491 e. The van der Waals surface area contributed by atoms with Crippen molar-refractivity contribution < 1.29 is 14.6 Å². The number of hydrogen-bond acceptors (Lipinski definition) is 4. The maximum atomic E-state index is 10.7. The number of nitrogens with one attached hydrogen (secondary N) is 2. The molecule has 0 aliphatic rings. The van der Waals surface area contributed by atoms with Gasteiger partial charge in [-0.1, -0.05) is 0 Å². The van der Waals surface area contributed by atoms with Gasteiger partial charge in [-0.2, -0.15) is 0 Å². The Hall–Kier alpha value is -1.50. The molecule has 0 aliphatic carbocycles. The number of carbonyl (C=O) groups is 1. The zero-order valence-electron chi connectivity index (χ0n) is 12.6. The van der Waals surface area contributed by atoms with E-state index in [1.807, 2.05) is 20.8 Å². The van der Waals surface area contributed by atoms with Crippen LogP contribution in [-0.4, -0.2) is 35.9 Å². The molecule has 0 aromatic heterocycles. The van der Waals surface area contributed by atoms with Gasteiger partial charge in [-0.05, 0) is 45.0 Å². The highest BCUT2D eigenvalue weighted by Crippen LogP contribution is 2.15. The zero-order valence-corrected chi connectivity index (χ0v) is 13.4. The monoisotopic (exact) mass is 317 g/mol. The van der Waals surface area contributed by atoms with Gasteiger partial charge in [0.1, 0.15) is 18.5 Å². The number of hydrogen-bond donors (Lipinski definition) is 4. The molecule has 1 aromatic rings. The average Bonchev–Trinajstić information content (AvgIpc) is 2.34. The molecule has 2 amide bonds. The summed E-state index contributed by atoms with van der Waals surface area (Å²) < 4.78 is 5.46. The Morgan fingerprint density at radius 3 is 2.38 bits per heavy atom. The molecule has 7 heteroatoms. The van der Waals surface area contributed by atoms with E-state index in [0.29, 0.717) is 18.0 Å². The molecule has 1 unspecified atom stereocenters. The van der Waals surface area contributed by atoms with Crippen LogP contribution in [-0.2, 0) is 0 Å². The average molecular weight is 318 g/mol. The molecule has 0 spiro atoms. The number of amides is 2. The predicted octanol–water partition coefficient (Wildman–Crippen LogP) is 1.73. The summed E-state index contributed by atoms with van der Waals surface area (Å²) in [5.41, 5.74) is 5.57. The summed E-state index contributed by atoms with van der Waals surface area (Å²) in [5.74, 6) is 0.620. The minimum absolute atomic E-state index is 0. The number of β-amino-alcohol motifs (C(OH)–C–C–N with tert-alkyl or cyclic N) is 1. The number of aliphatic hydroxyl groups excluding tert-OH is 1. The van der Waals surface area contributed by atoms with Crippen LogP contribution in [0.3, 0.4) is 0 Å². The van der Waals surface area contributed by atoms with E-state index in [-0.39, 0.29) is 24.6 Å². The fraction of sp³-hybridized carbons (Fsp3) is 0.500. The van der Waals surface area contributed by atoms with Crippen LogP contribution in [0.25, 0.3) is 0 Å². The molecule has 0 bridgehead atoms. The molecule has 5 N–H and O–H groups in total. The van der Waals surface area contributed by atoms with Crippen LogP contribution in [0, 0.1) is 0 Å². The Morgan fingerprint density at radius 2 is 1.90 bits per heavy atom. The highest BCUT2D eigenvalue weighted by molar-refractivity contribution is 5.87. The lowest BCUT2D eigenvalue weighted by Gasteiger charge is -2.23. The lowest BCUT2D eigenvalue weighted by Crippen LogP contribution is -2.42. The molecule has 0 heterocycles. The van der Waals surface area contributed by atoms with Gasteiger partial charge in [-0.15, -0.1) is 12.4 Å². The SMILES string of the molecule is CC(C)(C)NCC(O)COc1ccc(NC(N)=O)cc1.Cl. The molecule has 1 aromatic carbocycles. The molecular weight excluding hydrogens is 294 g/mol.